The van der Waals surface area contributed by atoms with E-state index in [1.54, 1.807) is 7.11 Å². The molecule has 2 saturated heterocycles. The molecule has 1 N–H and O–H groups in total. The van der Waals surface area contributed by atoms with Gasteiger partial charge in [0.15, 0.2) is 5.96 Å². The van der Waals surface area contributed by atoms with Crippen LogP contribution in [0, 0.1) is 0 Å². The van der Waals surface area contributed by atoms with Gasteiger partial charge in [-0.1, -0.05) is 42.5 Å². The van der Waals surface area contributed by atoms with Crippen molar-refractivity contribution in [1.82, 2.24) is 15.1 Å². The Morgan fingerprint density at radius 3 is 2.48 bits per heavy atom. The van der Waals surface area contributed by atoms with E-state index in [0.29, 0.717) is 0 Å². The Balaban J connectivity index is 0.00000300. The Morgan fingerprint density at radius 2 is 1.86 bits per heavy atom. The molecule has 0 spiro atoms. The minimum atomic E-state index is -0.141. The topological polar surface area (TPSA) is 49.3 Å². The molecule has 2 aliphatic heterocycles. The largest absolute Gasteiger partial charge is 0.381 e. The highest BCUT2D eigenvalue weighted by atomic mass is 127. The van der Waals surface area contributed by atoms with Crippen LogP contribution in [0.15, 0.2) is 41.4 Å². The summed E-state index contributed by atoms with van der Waals surface area (Å²) in [7, 11) is 3.66. The second kappa shape index (κ2) is 12.5. The van der Waals surface area contributed by atoms with Crippen molar-refractivity contribution in [3.8, 4) is 0 Å². The van der Waals surface area contributed by atoms with Gasteiger partial charge in [-0.25, -0.2) is 0 Å². The van der Waals surface area contributed by atoms with Gasteiger partial charge in [0, 0.05) is 79.5 Å². The van der Waals surface area contributed by atoms with Gasteiger partial charge in [-0.15, -0.1) is 24.0 Å². The van der Waals surface area contributed by atoms with E-state index in [1.165, 1.54) is 5.56 Å². The molecule has 0 radical (unpaired) electrons. The maximum atomic E-state index is 5.83. The van der Waals surface area contributed by atoms with Gasteiger partial charge in [0.2, 0.25) is 0 Å². The Bertz CT molecular complexity index is 639. The molecule has 0 aliphatic carbocycles. The smallest absolute Gasteiger partial charge is 0.193 e. The maximum absolute atomic E-state index is 5.83. The van der Waals surface area contributed by atoms with Crippen LogP contribution in [0.2, 0.25) is 0 Å². The molecular formula is C22H35IN4O2. The SMILES string of the molecule is CN=C(NCC1(OC)CCOCC1)N1CCN(C/C=C/c2ccccc2)CC1.I. The van der Waals surface area contributed by atoms with Gasteiger partial charge >= 0.3 is 0 Å². The van der Waals surface area contributed by atoms with Crippen molar-refractivity contribution in [2.45, 2.75) is 18.4 Å². The van der Waals surface area contributed by atoms with E-state index in [9.17, 15) is 0 Å². The van der Waals surface area contributed by atoms with Crippen LogP contribution in [-0.2, 0) is 9.47 Å². The lowest BCUT2D eigenvalue weighted by atomic mass is 9.94. The van der Waals surface area contributed by atoms with E-state index in [1.807, 2.05) is 13.1 Å². The van der Waals surface area contributed by atoms with Crippen LogP contribution in [0.1, 0.15) is 18.4 Å². The molecule has 162 valence electrons. The summed E-state index contributed by atoms with van der Waals surface area (Å²) in [6.07, 6.45) is 6.31. The summed E-state index contributed by atoms with van der Waals surface area (Å²) >= 11 is 0. The molecule has 29 heavy (non-hydrogen) atoms. The van der Waals surface area contributed by atoms with E-state index >= 15 is 0 Å². The third kappa shape index (κ3) is 7.24. The average molecular weight is 514 g/mol. The second-order valence-electron chi connectivity index (χ2n) is 7.50. The van der Waals surface area contributed by atoms with Crippen molar-refractivity contribution in [1.29, 1.82) is 0 Å². The number of benzene rings is 1. The number of guanidine groups is 1. The highest BCUT2D eigenvalue weighted by molar-refractivity contribution is 14.0. The Kier molecular flexibility index (Phi) is 10.4. The molecule has 2 heterocycles. The monoisotopic (exact) mass is 514 g/mol. The Labute approximate surface area is 192 Å². The molecule has 1 aromatic carbocycles. The lowest BCUT2D eigenvalue weighted by molar-refractivity contribution is -0.0858. The number of hydrogen-bond acceptors (Lipinski definition) is 4. The summed E-state index contributed by atoms with van der Waals surface area (Å²) < 4.78 is 11.3. The summed E-state index contributed by atoms with van der Waals surface area (Å²) in [5.74, 6) is 0.974. The number of piperazine rings is 1. The zero-order valence-electron chi connectivity index (χ0n) is 17.7. The van der Waals surface area contributed by atoms with E-state index in [4.69, 9.17) is 9.47 Å². The van der Waals surface area contributed by atoms with Crippen molar-refractivity contribution in [3.05, 3.63) is 42.0 Å². The standard InChI is InChI=1S/C22H34N4O2.HI/c1-23-21(24-19-22(27-2)10-17-28-18-11-22)26-15-13-25(14-16-26)12-6-9-20-7-4-3-5-8-20;/h3-9H,10-19H2,1-2H3,(H,23,24);1H/b9-6+;. The first-order chi connectivity index (χ1) is 13.7. The van der Waals surface area contributed by atoms with Crippen LogP contribution in [0.25, 0.3) is 6.08 Å². The molecule has 0 amide bonds. The van der Waals surface area contributed by atoms with Crippen LogP contribution in [0.3, 0.4) is 0 Å². The number of halogens is 1. The predicted molar refractivity (Wildman–Crippen MR) is 130 cm³/mol. The molecule has 0 unspecified atom stereocenters. The highest BCUT2D eigenvalue weighted by Crippen LogP contribution is 2.23. The predicted octanol–water partition coefficient (Wildman–Crippen LogP) is 2.71. The van der Waals surface area contributed by atoms with Crippen molar-refractivity contribution in [2.24, 2.45) is 4.99 Å². The molecule has 2 aliphatic rings. The van der Waals surface area contributed by atoms with Gasteiger partial charge in [0.25, 0.3) is 0 Å². The minimum absolute atomic E-state index is 0. The fraction of sp³-hybridized carbons (Fsp3) is 0.591. The van der Waals surface area contributed by atoms with Crippen LogP contribution < -0.4 is 5.32 Å². The molecule has 0 aromatic heterocycles. The normalized spacial score (nSPS) is 20.5. The van der Waals surface area contributed by atoms with Gasteiger partial charge in [0.05, 0.1) is 5.60 Å². The Hall–Kier alpha value is -1.16. The number of nitrogens with one attached hydrogen (secondary N) is 1. The molecule has 7 heteroatoms. The molecule has 0 atom stereocenters. The fourth-order valence-electron chi connectivity index (χ4n) is 3.81. The summed E-state index contributed by atoms with van der Waals surface area (Å²) in [4.78, 5) is 9.33. The molecule has 1 aromatic rings. The average Bonchev–Trinajstić information content (AvgIpc) is 2.76. The molecule has 2 fully saturated rings. The minimum Gasteiger partial charge on any atom is -0.381 e. The maximum Gasteiger partial charge on any atom is 0.193 e. The van der Waals surface area contributed by atoms with E-state index in [2.05, 4.69) is 56.5 Å². The zero-order valence-corrected chi connectivity index (χ0v) is 20.0. The Morgan fingerprint density at radius 1 is 1.17 bits per heavy atom. The van der Waals surface area contributed by atoms with Crippen molar-refractivity contribution >= 4 is 36.0 Å². The van der Waals surface area contributed by atoms with E-state index in [0.717, 1.165) is 71.3 Å². The molecule has 3 rings (SSSR count). The lowest BCUT2D eigenvalue weighted by Crippen LogP contribution is -2.55. The third-order valence-electron chi connectivity index (χ3n) is 5.76. The van der Waals surface area contributed by atoms with Gasteiger partial charge in [-0.2, -0.15) is 0 Å². The van der Waals surface area contributed by atoms with Gasteiger partial charge in [0.1, 0.15) is 0 Å². The first-order valence-corrected chi connectivity index (χ1v) is 10.3. The summed E-state index contributed by atoms with van der Waals surface area (Å²) in [6, 6.07) is 10.5. The van der Waals surface area contributed by atoms with Gasteiger partial charge in [-0.3, -0.25) is 9.89 Å². The molecular weight excluding hydrogens is 479 g/mol. The lowest BCUT2D eigenvalue weighted by Gasteiger charge is -2.39. The summed E-state index contributed by atoms with van der Waals surface area (Å²) in [5.41, 5.74) is 1.11. The van der Waals surface area contributed by atoms with Crippen LogP contribution in [0.4, 0.5) is 0 Å². The fourth-order valence-corrected chi connectivity index (χ4v) is 3.81. The number of nitrogens with zero attached hydrogens (tertiary/aromatic N) is 3. The summed E-state index contributed by atoms with van der Waals surface area (Å²) in [5, 5.41) is 3.54. The van der Waals surface area contributed by atoms with Gasteiger partial charge in [-0.05, 0) is 5.56 Å². The quantitative estimate of drug-likeness (QED) is 0.360. The first-order valence-electron chi connectivity index (χ1n) is 10.3. The first kappa shape index (κ1) is 24.1. The number of methoxy groups -OCH3 is 1. The zero-order chi connectivity index (χ0) is 19.7. The second-order valence-corrected chi connectivity index (χ2v) is 7.50. The van der Waals surface area contributed by atoms with Crippen molar-refractivity contribution in [3.63, 3.8) is 0 Å². The number of hydrogen-bond donors (Lipinski definition) is 1. The molecule has 0 saturated carbocycles. The number of aliphatic imine (C=N–C) groups is 1. The van der Waals surface area contributed by atoms with E-state index in [-0.39, 0.29) is 29.6 Å². The van der Waals surface area contributed by atoms with Crippen molar-refractivity contribution < 1.29 is 9.47 Å². The van der Waals surface area contributed by atoms with Crippen molar-refractivity contribution in [2.75, 3.05) is 66.6 Å². The molecule has 6 nitrogen and oxygen atoms in total. The van der Waals surface area contributed by atoms with E-state index < -0.39 is 0 Å². The molecule has 0 bridgehead atoms. The highest BCUT2D eigenvalue weighted by Gasteiger charge is 2.33. The van der Waals surface area contributed by atoms with Crippen LogP contribution in [0.5, 0.6) is 0 Å². The number of ether oxygens (including phenoxy) is 2. The number of rotatable bonds is 6. The third-order valence-corrected chi connectivity index (χ3v) is 5.76. The van der Waals surface area contributed by atoms with Crippen LogP contribution >= 0.6 is 24.0 Å². The van der Waals surface area contributed by atoms with Gasteiger partial charge < -0.3 is 19.7 Å². The van der Waals surface area contributed by atoms with Crippen LogP contribution in [-0.4, -0.2) is 88.0 Å². The summed E-state index contributed by atoms with van der Waals surface area (Å²) in [6.45, 7) is 7.36.